The van der Waals surface area contributed by atoms with Gasteiger partial charge in [0.1, 0.15) is 11.9 Å². The molecule has 0 bridgehead atoms. The first-order valence-corrected chi connectivity index (χ1v) is 10.7. The van der Waals surface area contributed by atoms with Gasteiger partial charge in [0, 0.05) is 36.7 Å². The van der Waals surface area contributed by atoms with Crippen LogP contribution >= 0.6 is 0 Å². The summed E-state index contributed by atoms with van der Waals surface area (Å²) in [5, 5.41) is 7.52. The molecule has 1 fully saturated rings. The number of fused-ring (bicyclic) bond motifs is 3. The van der Waals surface area contributed by atoms with Crippen LogP contribution in [-0.4, -0.2) is 47.6 Å². The highest BCUT2D eigenvalue weighted by atomic mass is 16.6. The summed E-state index contributed by atoms with van der Waals surface area (Å²) in [6.07, 6.45) is 2.03. The minimum atomic E-state index is -0.429. The number of hydrogen-bond acceptors (Lipinski definition) is 5. The van der Waals surface area contributed by atoms with E-state index in [-0.39, 0.29) is 12.0 Å². The molecule has 2 aromatic carbocycles. The Balaban J connectivity index is 1.38. The van der Waals surface area contributed by atoms with E-state index >= 15 is 0 Å². The van der Waals surface area contributed by atoms with Crippen LogP contribution < -0.4 is 15.0 Å². The number of aromatic nitrogens is 2. The van der Waals surface area contributed by atoms with Gasteiger partial charge in [-0.1, -0.05) is 30.3 Å². The molecule has 3 heterocycles. The van der Waals surface area contributed by atoms with Crippen LogP contribution in [-0.2, 0) is 22.5 Å². The summed E-state index contributed by atoms with van der Waals surface area (Å²) >= 11 is 0. The van der Waals surface area contributed by atoms with E-state index in [4.69, 9.17) is 14.6 Å². The van der Waals surface area contributed by atoms with Gasteiger partial charge in [-0.2, -0.15) is 5.10 Å². The van der Waals surface area contributed by atoms with Gasteiger partial charge in [0.05, 0.1) is 37.6 Å². The molecule has 3 aromatic rings. The molecule has 0 aliphatic carbocycles. The van der Waals surface area contributed by atoms with Gasteiger partial charge in [0.2, 0.25) is 5.91 Å². The molecular formula is C24H24N4O4. The number of anilines is 1. The van der Waals surface area contributed by atoms with Crippen molar-refractivity contribution in [1.29, 1.82) is 0 Å². The van der Waals surface area contributed by atoms with Crippen molar-refractivity contribution < 1.29 is 19.1 Å². The molecule has 8 nitrogen and oxygen atoms in total. The standard InChI is InChI=1S/C24H24N4O4/c1-16(29)25-12-20-15-28(24(30)32-20)19-7-8-21-22(11-19)31-10-9-18-14-27(26-23(18)21)13-17-5-3-2-4-6-17/h2-8,11,14,20H,9-10,12-13,15H2,1H3,(H,25,29)/t20-/m0/s1. The average molecular weight is 432 g/mol. The summed E-state index contributed by atoms with van der Waals surface area (Å²) < 4.78 is 13.3. The molecule has 0 saturated carbocycles. The van der Waals surface area contributed by atoms with E-state index in [0.717, 1.165) is 23.2 Å². The number of amides is 2. The van der Waals surface area contributed by atoms with Crippen LogP contribution in [0.3, 0.4) is 0 Å². The fourth-order valence-electron chi connectivity index (χ4n) is 4.08. The van der Waals surface area contributed by atoms with Crippen molar-refractivity contribution in [2.45, 2.75) is 26.0 Å². The fraction of sp³-hybridized carbons (Fsp3) is 0.292. The molecule has 1 saturated heterocycles. The van der Waals surface area contributed by atoms with Crippen LogP contribution in [0.2, 0.25) is 0 Å². The van der Waals surface area contributed by atoms with Gasteiger partial charge in [0.25, 0.3) is 0 Å². The molecule has 2 amide bonds. The van der Waals surface area contributed by atoms with Crippen molar-refractivity contribution in [2.75, 3.05) is 24.6 Å². The first-order chi connectivity index (χ1) is 15.6. The van der Waals surface area contributed by atoms with Gasteiger partial charge < -0.3 is 14.8 Å². The van der Waals surface area contributed by atoms with E-state index in [1.54, 1.807) is 4.90 Å². The third-order valence-corrected chi connectivity index (χ3v) is 5.64. The Morgan fingerprint density at radius 3 is 2.88 bits per heavy atom. The van der Waals surface area contributed by atoms with E-state index in [1.165, 1.54) is 12.5 Å². The first kappa shape index (κ1) is 20.1. The molecule has 0 radical (unpaired) electrons. The number of cyclic esters (lactones) is 1. The average Bonchev–Trinajstić information content (AvgIpc) is 3.31. The monoisotopic (exact) mass is 432 g/mol. The number of rotatable bonds is 5. The number of hydrogen-bond donors (Lipinski definition) is 1. The number of nitrogens with one attached hydrogen (secondary N) is 1. The van der Waals surface area contributed by atoms with Gasteiger partial charge in [-0.25, -0.2) is 4.79 Å². The zero-order valence-electron chi connectivity index (χ0n) is 17.8. The van der Waals surface area contributed by atoms with E-state index in [0.29, 0.717) is 37.7 Å². The maximum Gasteiger partial charge on any atom is 0.414 e. The predicted octanol–water partition coefficient (Wildman–Crippen LogP) is 2.99. The largest absolute Gasteiger partial charge is 0.492 e. The van der Waals surface area contributed by atoms with Crippen LogP contribution in [0.1, 0.15) is 18.1 Å². The third-order valence-electron chi connectivity index (χ3n) is 5.64. The second-order valence-corrected chi connectivity index (χ2v) is 8.02. The molecule has 1 aromatic heterocycles. The Hall–Kier alpha value is -3.81. The lowest BCUT2D eigenvalue weighted by Gasteiger charge is -2.16. The fourth-order valence-corrected chi connectivity index (χ4v) is 4.08. The van der Waals surface area contributed by atoms with Crippen LogP contribution in [0.25, 0.3) is 11.3 Å². The molecule has 5 rings (SSSR count). The smallest absolute Gasteiger partial charge is 0.414 e. The Kier molecular flexibility index (Phi) is 5.26. The molecule has 32 heavy (non-hydrogen) atoms. The summed E-state index contributed by atoms with van der Waals surface area (Å²) in [6, 6.07) is 15.9. The Morgan fingerprint density at radius 2 is 2.06 bits per heavy atom. The molecular weight excluding hydrogens is 408 g/mol. The molecule has 0 spiro atoms. The number of carbonyl (C=O) groups is 2. The number of carbonyl (C=O) groups excluding carboxylic acids is 2. The molecule has 1 N–H and O–H groups in total. The zero-order chi connectivity index (χ0) is 22.1. The highest BCUT2D eigenvalue weighted by Gasteiger charge is 2.33. The lowest BCUT2D eigenvalue weighted by Crippen LogP contribution is -2.33. The van der Waals surface area contributed by atoms with Gasteiger partial charge in [-0.15, -0.1) is 0 Å². The minimum absolute atomic E-state index is 0.152. The first-order valence-electron chi connectivity index (χ1n) is 10.7. The Morgan fingerprint density at radius 1 is 1.22 bits per heavy atom. The Bertz CT molecular complexity index is 1160. The van der Waals surface area contributed by atoms with E-state index < -0.39 is 6.09 Å². The van der Waals surface area contributed by atoms with Crippen LogP contribution in [0.4, 0.5) is 10.5 Å². The van der Waals surface area contributed by atoms with Crippen molar-refractivity contribution >= 4 is 17.7 Å². The number of ether oxygens (including phenoxy) is 2. The molecule has 2 aliphatic rings. The van der Waals surface area contributed by atoms with Gasteiger partial charge in [-0.3, -0.25) is 14.4 Å². The summed E-state index contributed by atoms with van der Waals surface area (Å²) in [4.78, 5) is 25.1. The van der Waals surface area contributed by atoms with E-state index in [1.807, 2.05) is 41.1 Å². The molecule has 1 atom stereocenters. The highest BCUT2D eigenvalue weighted by molar-refractivity contribution is 5.91. The normalized spacial score (nSPS) is 17.1. The summed E-state index contributed by atoms with van der Waals surface area (Å²) in [6.45, 7) is 3.34. The molecule has 0 unspecified atom stereocenters. The van der Waals surface area contributed by atoms with Gasteiger partial charge in [0.15, 0.2) is 0 Å². The number of benzene rings is 2. The molecule has 8 heteroatoms. The lowest BCUT2D eigenvalue weighted by molar-refractivity contribution is -0.119. The van der Waals surface area contributed by atoms with Gasteiger partial charge >= 0.3 is 6.09 Å². The van der Waals surface area contributed by atoms with E-state index in [9.17, 15) is 9.59 Å². The topological polar surface area (TPSA) is 85.7 Å². The summed E-state index contributed by atoms with van der Waals surface area (Å²) in [5.41, 5.74) is 4.86. The van der Waals surface area contributed by atoms with Crippen LogP contribution in [0.5, 0.6) is 5.75 Å². The number of nitrogens with zero attached hydrogens (tertiary/aromatic N) is 3. The van der Waals surface area contributed by atoms with Crippen molar-refractivity contribution in [2.24, 2.45) is 0 Å². The second-order valence-electron chi connectivity index (χ2n) is 8.02. The van der Waals surface area contributed by atoms with Crippen molar-refractivity contribution in [3.8, 4) is 17.0 Å². The third kappa shape index (κ3) is 4.03. The minimum Gasteiger partial charge on any atom is -0.492 e. The molecule has 2 aliphatic heterocycles. The maximum atomic E-state index is 12.4. The zero-order valence-corrected chi connectivity index (χ0v) is 17.8. The summed E-state index contributed by atoms with van der Waals surface area (Å²) in [5.74, 6) is 0.546. The van der Waals surface area contributed by atoms with Crippen molar-refractivity contribution in [1.82, 2.24) is 15.1 Å². The van der Waals surface area contributed by atoms with Crippen LogP contribution in [0, 0.1) is 0 Å². The van der Waals surface area contributed by atoms with Gasteiger partial charge in [-0.05, 0) is 17.7 Å². The van der Waals surface area contributed by atoms with E-state index in [2.05, 4.69) is 23.6 Å². The quantitative estimate of drug-likeness (QED) is 0.670. The maximum absolute atomic E-state index is 12.4. The van der Waals surface area contributed by atoms with Crippen LogP contribution in [0.15, 0.2) is 54.7 Å². The summed E-state index contributed by atoms with van der Waals surface area (Å²) in [7, 11) is 0. The Labute approximate surface area is 185 Å². The van der Waals surface area contributed by atoms with Crippen molar-refractivity contribution in [3.05, 3.63) is 65.9 Å². The SMILES string of the molecule is CC(=O)NC[C@H]1CN(c2ccc3c(c2)OCCc2cn(Cc4ccccc4)nc2-3)C(=O)O1. The predicted molar refractivity (Wildman–Crippen MR) is 119 cm³/mol. The van der Waals surface area contributed by atoms with Crippen molar-refractivity contribution in [3.63, 3.8) is 0 Å². The highest BCUT2D eigenvalue weighted by Crippen LogP contribution is 2.38. The second kappa shape index (κ2) is 8.37. The molecule has 164 valence electrons. The lowest BCUT2D eigenvalue weighted by atomic mass is 10.1.